The summed E-state index contributed by atoms with van der Waals surface area (Å²) < 4.78 is 86.9. The third kappa shape index (κ3) is 2.81. The van der Waals surface area contributed by atoms with Crippen LogP contribution in [0.2, 0.25) is 0 Å². The van der Waals surface area contributed by atoms with E-state index in [1.54, 1.807) is 36.0 Å². The Labute approximate surface area is 176 Å². The van der Waals surface area contributed by atoms with E-state index in [0.717, 1.165) is 18.6 Å². The molecule has 0 aliphatic heterocycles. The van der Waals surface area contributed by atoms with Crippen molar-refractivity contribution in [3.63, 3.8) is 0 Å². The summed E-state index contributed by atoms with van der Waals surface area (Å²) in [6, 6.07) is 9.50. The van der Waals surface area contributed by atoms with Gasteiger partial charge in [0.25, 0.3) is 0 Å². The number of hydrogen-bond donors (Lipinski definition) is 0. The second-order valence-electron chi connectivity index (χ2n) is 7.20. The standard InChI is InChI=1S/C25H27FNO/c1-14(2)17-11-12-27(6)21(13-17)23-16(5)7-8-18-19-9-10-20(26)22(15(3)4)24(19)28-25(18)23/h7-15H,1-6H3/q+1/i1D3,3D3,14D,15D. The van der Waals surface area contributed by atoms with Crippen molar-refractivity contribution < 1.29 is 24.3 Å². The summed E-state index contributed by atoms with van der Waals surface area (Å²) in [5.74, 6) is -4.98. The molecule has 0 N–H and O–H groups in total. The first-order chi connectivity index (χ1) is 16.4. The van der Waals surface area contributed by atoms with Crippen molar-refractivity contribution in [1.29, 1.82) is 0 Å². The highest BCUT2D eigenvalue weighted by Crippen LogP contribution is 2.40. The predicted octanol–water partition coefficient (Wildman–Crippen LogP) is 6.77. The lowest BCUT2D eigenvalue weighted by molar-refractivity contribution is -0.660. The SMILES string of the molecule is [2H]C([2H])([2H])C([2H])(C)c1cc[n+](C)c(-c2c(C)ccc3c2oc2c(C([2H])(C)C([2H])([2H])[2H])c(F)ccc23)c1. The molecule has 0 fully saturated rings. The van der Waals surface area contributed by atoms with Gasteiger partial charge in [0, 0.05) is 39.4 Å². The zero-order chi connectivity index (χ0) is 27.0. The molecule has 4 aromatic rings. The number of pyridine rings is 1. The van der Waals surface area contributed by atoms with Gasteiger partial charge in [0.05, 0.1) is 5.56 Å². The minimum atomic E-state index is -2.81. The van der Waals surface area contributed by atoms with Crippen molar-refractivity contribution in [3.05, 3.63) is 65.1 Å². The van der Waals surface area contributed by atoms with Crippen LogP contribution in [0.5, 0.6) is 0 Å². The van der Waals surface area contributed by atoms with Gasteiger partial charge in [-0.05, 0) is 42.0 Å². The summed E-state index contributed by atoms with van der Waals surface area (Å²) in [5, 5.41) is 1.07. The van der Waals surface area contributed by atoms with Gasteiger partial charge in [0.1, 0.15) is 24.0 Å². The van der Waals surface area contributed by atoms with Gasteiger partial charge in [-0.15, -0.1) is 0 Å². The molecule has 0 bridgehead atoms. The van der Waals surface area contributed by atoms with Gasteiger partial charge in [0.15, 0.2) is 6.20 Å². The predicted molar refractivity (Wildman–Crippen MR) is 113 cm³/mol. The van der Waals surface area contributed by atoms with E-state index in [0.29, 0.717) is 27.6 Å². The van der Waals surface area contributed by atoms with E-state index in [2.05, 4.69) is 0 Å². The number of hydrogen-bond acceptors (Lipinski definition) is 1. The first-order valence-electron chi connectivity index (χ1n) is 13.0. The Morgan fingerprint density at radius 3 is 2.50 bits per heavy atom. The molecule has 3 heteroatoms. The average molecular weight is 385 g/mol. The van der Waals surface area contributed by atoms with Crippen LogP contribution in [-0.2, 0) is 7.05 Å². The molecule has 0 saturated heterocycles. The zero-order valence-corrected chi connectivity index (χ0v) is 16.3. The van der Waals surface area contributed by atoms with Gasteiger partial charge in [-0.2, -0.15) is 0 Å². The normalized spacial score (nSPS) is 21.3. The van der Waals surface area contributed by atoms with Crippen molar-refractivity contribution in [1.82, 2.24) is 0 Å². The Hall–Kier alpha value is -2.68. The van der Waals surface area contributed by atoms with Crippen molar-refractivity contribution in [2.75, 3.05) is 0 Å². The lowest BCUT2D eigenvalue weighted by Crippen LogP contribution is -2.31. The Morgan fingerprint density at radius 2 is 1.75 bits per heavy atom. The minimum Gasteiger partial charge on any atom is -0.455 e. The fraction of sp³-hybridized carbons (Fsp3) is 0.320. The van der Waals surface area contributed by atoms with Gasteiger partial charge in [-0.1, -0.05) is 39.7 Å². The third-order valence-corrected chi connectivity index (χ3v) is 5.18. The number of halogens is 1. The molecule has 28 heavy (non-hydrogen) atoms. The van der Waals surface area contributed by atoms with Crippen LogP contribution in [0.3, 0.4) is 0 Å². The highest BCUT2D eigenvalue weighted by atomic mass is 19.1. The van der Waals surface area contributed by atoms with E-state index in [9.17, 15) is 0 Å². The summed E-state index contributed by atoms with van der Waals surface area (Å²) >= 11 is 0. The number of nitrogens with zero attached hydrogens (tertiary/aromatic N) is 1. The van der Waals surface area contributed by atoms with Crippen LogP contribution in [0.15, 0.2) is 47.0 Å². The molecule has 0 radical (unpaired) electrons. The summed E-state index contributed by atoms with van der Waals surface area (Å²) in [6.07, 6.45) is 1.67. The molecule has 0 aliphatic rings. The second kappa shape index (κ2) is 6.73. The Morgan fingerprint density at radius 1 is 1.04 bits per heavy atom. The van der Waals surface area contributed by atoms with Crippen molar-refractivity contribution >= 4 is 21.9 Å². The third-order valence-electron chi connectivity index (χ3n) is 5.18. The van der Waals surface area contributed by atoms with Crippen LogP contribution in [0, 0.1) is 12.7 Å². The largest absolute Gasteiger partial charge is 0.455 e. The average Bonchev–Trinajstić information content (AvgIpc) is 3.10. The number of furan rings is 1. The van der Waals surface area contributed by atoms with E-state index >= 15 is 4.39 Å². The topological polar surface area (TPSA) is 17.0 Å². The maximum Gasteiger partial charge on any atom is 0.216 e. The molecule has 0 saturated carbocycles. The van der Waals surface area contributed by atoms with Crippen molar-refractivity contribution in [2.45, 2.75) is 46.3 Å². The number of aryl methyl sites for hydroxylation is 2. The van der Waals surface area contributed by atoms with E-state index in [-0.39, 0.29) is 16.7 Å². The number of rotatable bonds is 3. The molecule has 2 unspecified atom stereocenters. The first kappa shape index (κ1) is 11.4. The van der Waals surface area contributed by atoms with Crippen molar-refractivity contribution in [2.24, 2.45) is 7.05 Å². The molecule has 2 aromatic heterocycles. The Kier molecular flexibility index (Phi) is 2.73. The quantitative estimate of drug-likeness (QED) is 0.356. The van der Waals surface area contributed by atoms with Gasteiger partial charge >= 0.3 is 0 Å². The monoisotopic (exact) mass is 384 g/mol. The van der Waals surface area contributed by atoms with Gasteiger partial charge < -0.3 is 4.42 Å². The van der Waals surface area contributed by atoms with Crippen LogP contribution in [0.4, 0.5) is 4.39 Å². The molecule has 2 atom stereocenters. The second-order valence-corrected chi connectivity index (χ2v) is 7.20. The van der Waals surface area contributed by atoms with Gasteiger partial charge in [-0.25, -0.2) is 8.96 Å². The molecule has 0 amide bonds. The Bertz CT molecular complexity index is 1500. The van der Waals surface area contributed by atoms with Crippen LogP contribution in [0.1, 0.15) is 67.0 Å². The van der Waals surface area contributed by atoms with E-state index in [1.807, 2.05) is 13.0 Å². The first-order valence-corrected chi connectivity index (χ1v) is 9.05. The van der Waals surface area contributed by atoms with Crippen LogP contribution in [0.25, 0.3) is 33.2 Å². The number of benzene rings is 2. The van der Waals surface area contributed by atoms with E-state index in [1.165, 1.54) is 13.0 Å². The maximum atomic E-state index is 15.0. The molecule has 4 rings (SSSR count). The lowest BCUT2D eigenvalue weighted by Gasteiger charge is -2.09. The summed E-state index contributed by atoms with van der Waals surface area (Å²) in [6.45, 7) is -1.05. The van der Waals surface area contributed by atoms with Crippen LogP contribution < -0.4 is 4.57 Å². The molecular formula is C25H27FNO+. The summed E-state index contributed by atoms with van der Waals surface area (Å²) in [5.41, 5.74) is 2.23. The molecule has 2 heterocycles. The van der Waals surface area contributed by atoms with E-state index in [4.69, 9.17) is 15.4 Å². The molecule has 144 valence electrons. The highest BCUT2D eigenvalue weighted by molar-refractivity contribution is 6.10. The molecule has 0 aliphatic carbocycles. The van der Waals surface area contributed by atoms with E-state index < -0.39 is 31.3 Å². The number of fused-ring (bicyclic) bond motifs is 3. The fourth-order valence-electron chi connectivity index (χ4n) is 3.70. The molecule has 2 nitrogen and oxygen atoms in total. The van der Waals surface area contributed by atoms with Gasteiger partial charge in [-0.3, -0.25) is 0 Å². The summed E-state index contributed by atoms with van der Waals surface area (Å²) in [7, 11) is 1.78. The Balaban J connectivity index is 2.09. The molecule has 2 aromatic carbocycles. The minimum absolute atomic E-state index is 0.0166. The maximum absolute atomic E-state index is 15.0. The number of aromatic nitrogens is 1. The molecule has 0 spiro atoms. The lowest BCUT2D eigenvalue weighted by atomic mass is 9.96. The highest BCUT2D eigenvalue weighted by Gasteiger charge is 2.24. The van der Waals surface area contributed by atoms with Gasteiger partial charge in [0.2, 0.25) is 5.69 Å². The van der Waals surface area contributed by atoms with Crippen LogP contribution in [-0.4, -0.2) is 0 Å². The fourth-order valence-corrected chi connectivity index (χ4v) is 3.70. The van der Waals surface area contributed by atoms with Crippen LogP contribution >= 0.6 is 0 Å². The van der Waals surface area contributed by atoms with Crippen molar-refractivity contribution in [3.8, 4) is 11.3 Å². The summed E-state index contributed by atoms with van der Waals surface area (Å²) in [4.78, 5) is 0. The zero-order valence-electron chi connectivity index (χ0n) is 24.3. The smallest absolute Gasteiger partial charge is 0.216 e. The molecular weight excluding hydrogens is 349 g/mol.